The third-order valence-corrected chi connectivity index (χ3v) is 8.93. The smallest absolute Gasteiger partial charge is 0.353 e. The number of rotatable bonds is 4. The van der Waals surface area contributed by atoms with Crippen molar-refractivity contribution in [3.63, 3.8) is 0 Å². The van der Waals surface area contributed by atoms with E-state index < -0.39 is 21.6 Å². The van der Waals surface area contributed by atoms with Crippen LogP contribution in [0.2, 0.25) is 5.02 Å². The van der Waals surface area contributed by atoms with E-state index in [1.165, 1.54) is 35.7 Å². The molecule has 0 unspecified atom stereocenters. The zero-order valence-corrected chi connectivity index (χ0v) is 20.2. The third kappa shape index (κ3) is 4.77. The molecule has 0 spiro atoms. The molecule has 1 aliphatic rings. The van der Waals surface area contributed by atoms with E-state index in [0.717, 1.165) is 23.6 Å². The number of hydrogen-bond donors (Lipinski definition) is 0. The summed E-state index contributed by atoms with van der Waals surface area (Å²) in [6, 6.07) is 8.13. The van der Waals surface area contributed by atoms with E-state index >= 15 is 0 Å². The Balaban J connectivity index is 1.46. The van der Waals surface area contributed by atoms with E-state index in [0.29, 0.717) is 47.5 Å². The van der Waals surface area contributed by atoms with Crippen LogP contribution >= 0.6 is 22.9 Å². The maximum Gasteiger partial charge on any atom is 0.417 e. The Hall–Kier alpha value is -2.63. The van der Waals surface area contributed by atoms with Crippen molar-refractivity contribution in [3.8, 4) is 0 Å². The average Bonchev–Trinajstić information content (AvgIpc) is 3.20. The van der Waals surface area contributed by atoms with Crippen LogP contribution in [0.15, 0.2) is 57.8 Å². The summed E-state index contributed by atoms with van der Waals surface area (Å²) in [6.45, 7) is 3.06. The second-order valence-corrected chi connectivity index (χ2v) is 10.9. The Morgan fingerprint density at radius 1 is 1.06 bits per heavy atom. The minimum Gasteiger partial charge on any atom is -0.353 e. The fourth-order valence-corrected chi connectivity index (χ4v) is 6.65. The van der Waals surface area contributed by atoms with Crippen LogP contribution in [0.25, 0.3) is 0 Å². The number of sulfone groups is 1. The van der Waals surface area contributed by atoms with Crippen molar-refractivity contribution in [2.75, 3.05) is 31.1 Å². The molecule has 1 fully saturated rings. The molecule has 3 aromatic rings. The first-order valence-corrected chi connectivity index (χ1v) is 12.9. The summed E-state index contributed by atoms with van der Waals surface area (Å²) in [7, 11) is -3.80. The van der Waals surface area contributed by atoms with Gasteiger partial charge in [0.2, 0.25) is 9.84 Å². The quantitative estimate of drug-likeness (QED) is 0.480. The van der Waals surface area contributed by atoms with E-state index in [1.807, 2.05) is 4.90 Å². The van der Waals surface area contributed by atoms with Gasteiger partial charge in [0, 0.05) is 42.8 Å². The monoisotopic (exact) mass is 529 g/mol. The van der Waals surface area contributed by atoms with Crippen molar-refractivity contribution in [3.05, 3.63) is 69.0 Å². The Labute approximate surface area is 203 Å². The van der Waals surface area contributed by atoms with Gasteiger partial charge in [-0.25, -0.2) is 13.4 Å². The van der Waals surface area contributed by atoms with Crippen LogP contribution in [0.3, 0.4) is 0 Å². The first-order chi connectivity index (χ1) is 16.0. The van der Waals surface area contributed by atoms with Gasteiger partial charge in [-0.2, -0.15) is 13.2 Å². The van der Waals surface area contributed by atoms with Crippen LogP contribution in [0, 0.1) is 6.92 Å². The number of carbonyl (C=O) groups is 1. The lowest BCUT2D eigenvalue weighted by Crippen LogP contribution is -2.49. The van der Waals surface area contributed by atoms with Crippen molar-refractivity contribution in [2.45, 2.75) is 22.9 Å². The van der Waals surface area contributed by atoms with Gasteiger partial charge in [0.1, 0.15) is 5.82 Å². The zero-order chi connectivity index (χ0) is 24.7. The van der Waals surface area contributed by atoms with Crippen molar-refractivity contribution >= 4 is 44.5 Å². The first kappa shape index (κ1) is 24.5. The number of hydrogen-bond acceptors (Lipinski definition) is 6. The normalized spacial score (nSPS) is 15.0. The van der Waals surface area contributed by atoms with Crippen molar-refractivity contribution in [2.24, 2.45) is 0 Å². The second kappa shape index (κ2) is 9.20. The van der Waals surface area contributed by atoms with Crippen molar-refractivity contribution < 1.29 is 26.4 Å². The minimum absolute atomic E-state index is 0.0794. The van der Waals surface area contributed by atoms with E-state index in [9.17, 15) is 26.4 Å². The third-order valence-electron chi connectivity index (χ3n) is 5.57. The molecule has 2 aromatic heterocycles. The minimum atomic E-state index is -4.45. The number of thiophene rings is 1. The Morgan fingerprint density at radius 2 is 1.71 bits per heavy atom. The van der Waals surface area contributed by atoms with Gasteiger partial charge in [-0.3, -0.25) is 4.79 Å². The van der Waals surface area contributed by atoms with Gasteiger partial charge in [-0.1, -0.05) is 11.6 Å². The number of aromatic nitrogens is 1. The topological polar surface area (TPSA) is 70.6 Å². The molecule has 0 atom stereocenters. The van der Waals surface area contributed by atoms with Crippen LogP contribution in [-0.4, -0.2) is 50.4 Å². The number of halogens is 4. The summed E-state index contributed by atoms with van der Waals surface area (Å²) in [6.07, 6.45) is -3.65. The summed E-state index contributed by atoms with van der Waals surface area (Å²) in [5, 5.41) is 1.89. The van der Waals surface area contributed by atoms with E-state index in [-0.39, 0.29) is 15.7 Å². The highest BCUT2D eigenvalue weighted by Crippen LogP contribution is 2.33. The van der Waals surface area contributed by atoms with Gasteiger partial charge < -0.3 is 9.80 Å². The Morgan fingerprint density at radius 3 is 2.26 bits per heavy atom. The SMILES string of the molecule is Cc1c(S(=O)(=O)c2ccc(Cl)cc2)csc1C(=O)N1CCN(c2ccc(C(F)(F)F)cn2)CC1. The van der Waals surface area contributed by atoms with E-state index in [4.69, 9.17) is 11.6 Å². The van der Waals surface area contributed by atoms with Gasteiger partial charge in [0.05, 0.1) is 20.2 Å². The molecule has 0 bridgehead atoms. The summed E-state index contributed by atoms with van der Waals surface area (Å²) in [5.41, 5.74) is -0.431. The van der Waals surface area contributed by atoms with Crippen LogP contribution in [0.5, 0.6) is 0 Å². The molecule has 0 aliphatic carbocycles. The number of amides is 1. The van der Waals surface area contributed by atoms with Gasteiger partial charge >= 0.3 is 6.18 Å². The molecule has 6 nitrogen and oxygen atoms in total. The molecule has 34 heavy (non-hydrogen) atoms. The van der Waals surface area contributed by atoms with Crippen LogP contribution < -0.4 is 4.90 Å². The molecule has 0 saturated carbocycles. The summed E-state index contributed by atoms with van der Waals surface area (Å²) < 4.78 is 64.3. The van der Waals surface area contributed by atoms with Crippen molar-refractivity contribution in [1.29, 1.82) is 0 Å². The lowest BCUT2D eigenvalue weighted by molar-refractivity contribution is -0.137. The van der Waals surface area contributed by atoms with Crippen LogP contribution in [0.1, 0.15) is 20.8 Å². The molecule has 180 valence electrons. The lowest BCUT2D eigenvalue weighted by Gasteiger charge is -2.35. The first-order valence-electron chi connectivity index (χ1n) is 10.1. The van der Waals surface area contributed by atoms with E-state index in [1.54, 1.807) is 11.8 Å². The average molecular weight is 530 g/mol. The summed E-state index contributed by atoms with van der Waals surface area (Å²) in [5.74, 6) is 0.129. The summed E-state index contributed by atoms with van der Waals surface area (Å²) >= 11 is 6.92. The number of alkyl halides is 3. The number of piperazine rings is 1. The molecule has 4 rings (SSSR count). The number of carbonyl (C=O) groups excluding carboxylic acids is 1. The highest BCUT2D eigenvalue weighted by molar-refractivity contribution is 7.91. The molecule has 3 heterocycles. The molecular formula is C22H19ClF3N3O3S2. The highest BCUT2D eigenvalue weighted by Gasteiger charge is 2.32. The standard InChI is InChI=1S/C22H19ClF3N3O3S2/c1-14-18(34(31,32)17-5-3-16(23)4-6-17)13-33-20(14)21(30)29-10-8-28(9-11-29)19-7-2-15(12-27-19)22(24,25)26/h2-7,12-13H,8-11H2,1H3. The molecule has 1 amide bonds. The molecule has 12 heteroatoms. The molecule has 0 N–H and O–H groups in total. The Bertz CT molecular complexity index is 1300. The van der Waals surface area contributed by atoms with Crippen LogP contribution in [0.4, 0.5) is 19.0 Å². The van der Waals surface area contributed by atoms with Gasteiger partial charge in [0.25, 0.3) is 5.91 Å². The maximum atomic E-state index is 13.1. The Kier molecular flexibility index (Phi) is 6.63. The fourth-order valence-electron chi connectivity index (χ4n) is 3.64. The molecule has 1 aliphatic heterocycles. The number of anilines is 1. The van der Waals surface area contributed by atoms with Crippen molar-refractivity contribution in [1.82, 2.24) is 9.88 Å². The van der Waals surface area contributed by atoms with Gasteiger partial charge in [0.15, 0.2) is 0 Å². The number of benzene rings is 1. The molecular weight excluding hydrogens is 511 g/mol. The molecule has 1 aromatic carbocycles. The summed E-state index contributed by atoms with van der Waals surface area (Å²) in [4.78, 5) is 20.9. The second-order valence-electron chi connectivity index (χ2n) is 7.69. The largest absolute Gasteiger partial charge is 0.417 e. The fraction of sp³-hybridized carbons (Fsp3) is 0.273. The zero-order valence-electron chi connectivity index (χ0n) is 17.8. The lowest BCUT2D eigenvalue weighted by atomic mass is 10.2. The van der Waals surface area contributed by atoms with Gasteiger partial charge in [-0.05, 0) is 48.9 Å². The van der Waals surface area contributed by atoms with Crippen LogP contribution in [-0.2, 0) is 16.0 Å². The number of nitrogens with zero attached hydrogens (tertiary/aromatic N) is 3. The van der Waals surface area contributed by atoms with Gasteiger partial charge in [-0.15, -0.1) is 11.3 Å². The number of pyridine rings is 1. The molecule has 1 saturated heterocycles. The maximum absolute atomic E-state index is 13.1. The highest BCUT2D eigenvalue weighted by atomic mass is 35.5. The van der Waals surface area contributed by atoms with E-state index in [2.05, 4.69) is 4.98 Å². The molecule has 0 radical (unpaired) electrons. The predicted octanol–water partition coefficient (Wildman–Crippen LogP) is 4.92. The predicted molar refractivity (Wildman–Crippen MR) is 123 cm³/mol.